The highest BCUT2D eigenvalue weighted by molar-refractivity contribution is 9.10. The first-order valence-electron chi connectivity index (χ1n) is 3.55. The summed E-state index contributed by atoms with van der Waals surface area (Å²) in [6.45, 7) is 1.71. The molecule has 0 radical (unpaired) electrons. The van der Waals surface area contributed by atoms with E-state index in [0.717, 1.165) is 0 Å². The number of nitrogens with zero attached hydrogens (tertiary/aromatic N) is 1. The molecular weight excluding hydrogens is 244 g/mol. The number of hydrogen-bond donors (Lipinski definition) is 0. The zero-order valence-electron chi connectivity index (χ0n) is 7.14. The maximum absolute atomic E-state index is 12.5. The van der Waals surface area contributed by atoms with Gasteiger partial charge in [-0.15, -0.1) is 0 Å². The molecule has 0 aromatic carbocycles. The molecule has 0 spiro atoms. The summed E-state index contributed by atoms with van der Waals surface area (Å²) in [4.78, 5) is 3.84. The molecule has 0 aliphatic heterocycles. The summed E-state index contributed by atoms with van der Waals surface area (Å²) in [7, 11) is 1.32. The van der Waals surface area contributed by atoms with Crippen LogP contribution < -0.4 is 4.74 Å². The van der Waals surface area contributed by atoms with Crippen molar-refractivity contribution in [2.24, 2.45) is 0 Å². The average Bonchev–Trinajstić information content (AvgIpc) is 2.01. The molecule has 1 rings (SSSR count). The van der Waals surface area contributed by atoms with Gasteiger partial charge in [-0.3, -0.25) is 0 Å². The molecule has 0 atom stereocenters. The Morgan fingerprint density at radius 1 is 1.54 bits per heavy atom. The molecule has 1 aromatic heterocycles. The van der Waals surface area contributed by atoms with E-state index in [0.29, 0.717) is 10.2 Å². The minimum absolute atomic E-state index is 0.0260. The quantitative estimate of drug-likeness (QED) is 0.806. The Morgan fingerprint density at radius 2 is 2.15 bits per heavy atom. The van der Waals surface area contributed by atoms with E-state index in [2.05, 4.69) is 20.9 Å². The van der Waals surface area contributed by atoms with E-state index in [4.69, 9.17) is 4.74 Å². The molecule has 0 amide bonds. The Hall–Kier alpha value is -0.710. The van der Waals surface area contributed by atoms with Crippen molar-refractivity contribution in [1.29, 1.82) is 0 Å². The molecule has 1 heterocycles. The molecule has 0 fully saturated rings. The number of alkyl halides is 2. The van der Waals surface area contributed by atoms with Gasteiger partial charge in [0.2, 0.25) is 5.88 Å². The van der Waals surface area contributed by atoms with Crippen LogP contribution >= 0.6 is 15.9 Å². The van der Waals surface area contributed by atoms with E-state index in [1.807, 2.05) is 0 Å². The second kappa shape index (κ2) is 4.00. The molecule has 5 heteroatoms. The highest BCUT2D eigenvalue weighted by Crippen LogP contribution is 2.34. The number of methoxy groups -OCH3 is 1. The molecule has 0 unspecified atom stereocenters. The van der Waals surface area contributed by atoms with Gasteiger partial charge in [0, 0.05) is 10.2 Å². The molecule has 0 saturated carbocycles. The van der Waals surface area contributed by atoms with Gasteiger partial charge < -0.3 is 4.74 Å². The fourth-order valence-electron chi connectivity index (χ4n) is 0.969. The predicted octanol–water partition coefficient (Wildman–Crippen LogP) is 3.10. The van der Waals surface area contributed by atoms with Gasteiger partial charge in [-0.05, 0) is 13.0 Å². The highest BCUT2D eigenvalue weighted by Gasteiger charge is 2.19. The van der Waals surface area contributed by atoms with Gasteiger partial charge in [0.05, 0.1) is 12.7 Å². The van der Waals surface area contributed by atoms with Crippen molar-refractivity contribution < 1.29 is 13.5 Å². The molecule has 0 N–H and O–H groups in total. The van der Waals surface area contributed by atoms with Gasteiger partial charge in [-0.2, -0.15) is 0 Å². The Kier molecular flexibility index (Phi) is 3.19. The molecule has 0 bridgehead atoms. The number of hydrogen-bond acceptors (Lipinski definition) is 2. The molecule has 1 aromatic rings. The molecular formula is C8H8BrF2NO. The third kappa shape index (κ3) is 2.15. The molecule has 0 saturated heterocycles. The van der Waals surface area contributed by atoms with E-state index in [9.17, 15) is 8.78 Å². The Balaban J connectivity index is 3.30. The minimum atomic E-state index is -2.59. The second-order valence-electron chi connectivity index (χ2n) is 2.47. The van der Waals surface area contributed by atoms with Crippen LogP contribution in [0.1, 0.15) is 17.7 Å². The van der Waals surface area contributed by atoms with Crippen molar-refractivity contribution in [3.05, 3.63) is 21.8 Å². The van der Waals surface area contributed by atoms with Crippen LogP contribution in [-0.2, 0) is 0 Å². The maximum Gasteiger partial charge on any atom is 0.270 e. The maximum atomic E-state index is 12.5. The number of aryl methyl sites for hydroxylation is 1. The summed E-state index contributed by atoms with van der Waals surface area (Å²) in [5.41, 5.74) is 0.432. The summed E-state index contributed by atoms with van der Waals surface area (Å²) in [6.07, 6.45) is -2.59. The van der Waals surface area contributed by atoms with E-state index in [-0.39, 0.29) is 11.4 Å². The number of pyridine rings is 1. The average molecular weight is 252 g/mol. The van der Waals surface area contributed by atoms with Crippen LogP contribution in [0.25, 0.3) is 0 Å². The van der Waals surface area contributed by atoms with E-state index < -0.39 is 6.43 Å². The Bertz CT molecular complexity index is 317. The second-order valence-corrected chi connectivity index (χ2v) is 3.32. The first kappa shape index (κ1) is 10.4. The first-order valence-corrected chi connectivity index (χ1v) is 4.34. The third-order valence-corrected chi connectivity index (χ3v) is 2.17. The summed E-state index contributed by atoms with van der Waals surface area (Å²) in [6, 6.07) is 1.53. The van der Waals surface area contributed by atoms with Crippen molar-refractivity contribution in [2.75, 3.05) is 7.11 Å². The Labute approximate surface area is 83.1 Å². The zero-order chi connectivity index (χ0) is 10.0. The molecule has 72 valence electrons. The van der Waals surface area contributed by atoms with Crippen molar-refractivity contribution in [3.63, 3.8) is 0 Å². The summed E-state index contributed by atoms with van der Waals surface area (Å²) >= 11 is 3.04. The van der Waals surface area contributed by atoms with Crippen LogP contribution in [0.5, 0.6) is 5.88 Å². The lowest BCUT2D eigenvalue weighted by Gasteiger charge is -2.09. The van der Waals surface area contributed by atoms with Gasteiger partial charge in [-0.25, -0.2) is 13.8 Å². The molecule has 13 heavy (non-hydrogen) atoms. The van der Waals surface area contributed by atoms with Crippen LogP contribution in [0.4, 0.5) is 8.78 Å². The lowest BCUT2D eigenvalue weighted by molar-refractivity contribution is 0.145. The monoisotopic (exact) mass is 251 g/mol. The summed E-state index contributed by atoms with van der Waals surface area (Å²) < 4.78 is 30.0. The van der Waals surface area contributed by atoms with Crippen LogP contribution in [0.2, 0.25) is 0 Å². The van der Waals surface area contributed by atoms with Crippen molar-refractivity contribution >= 4 is 15.9 Å². The number of ether oxygens (including phenoxy) is 1. The van der Waals surface area contributed by atoms with E-state index in [1.165, 1.54) is 13.2 Å². The number of rotatable bonds is 2. The van der Waals surface area contributed by atoms with E-state index >= 15 is 0 Å². The SMILES string of the molecule is COc1nc(C)cc(Br)c1C(F)F. The van der Waals surface area contributed by atoms with Crippen LogP contribution in [-0.4, -0.2) is 12.1 Å². The number of aromatic nitrogens is 1. The van der Waals surface area contributed by atoms with E-state index in [1.54, 1.807) is 6.92 Å². The van der Waals surface area contributed by atoms with Gasteiger partial charge in [0.15, 0.2) is 0 Å². The molecule has 2 nitrogen and oxygen atoms in total. The summed E-state index contributed by atoms with van der Waals surface area (Å²) in [5, 5.41) is 0. The minimum Gasteiger partial charge on any atom is -0.481 e. The molecule has 0 aliphatic carbocycles. The van der Waals surface area contributed by atoms with Crippen LogP contribution in [0, 0.1) is 6.92 Å². The van der Waals surface area contributed by atoms with Crippen molar-refractivity contribution in [3.8, 4) is 5.88 Å². The lowest BCUT2D eigenvalue weighted by Crippen LogP contribution is -1.98. The lowest BCUT2D eigenvalue weighted by atomic mass is 10.2. The number of halogens is 3. The van der Waals surface area contributed by atoms with Gasteiger partial charge in [-0.1, -0.05) is 15.9 Å². The van der Waals surface area contributed by atoms with Gasteiger partial charge in [0.25, 0.3) is 6.43 Å². The fourth-order valence-corrected chi connectivity index (χ4v) is 1.64. The predicted molar refractivity (Wildman–Crippen MR) is 48.2 cm³/mol. The zero-order valence-corrected chi connectivity index (χ0v) is 8.73. The van der Waals surface area contributed by atoms with Crippen molar-refractivity contribution in [2.45, 2.75) is 13.3 Å². The molecule has 0 aliphatic rings. The van der Waals surface area contributed by atoms with Gasteiger partial charge >= 0.3 is 0 Å². The smallest absolute Gasteiger partial charge is 0.270 e. The highest BCUT2D eigenvalue weighted by atomic mass is 79.9. The largest absolute Gasteiger partial charge is 0.481 e. The van der Waals surface area contributed by atoms with Crippen molar-refractivity contribution in [1.82, 2.24) is 4.98 Å². The first-order chi connectivity index (χ1) is 6.06. The van der Waals surface area contributed by atoms with Crippen LogP contribution in [0.3, 0.4) is 0 Å². The summed E-state index contributed by atoms with van der Waals surface area (Å²) in [5.74, 6) is -0.0260. The van der Waals surface area contributed by atoms with Gasteiger partial charge in [0.1, 0.15) is 0 Å². The third-order valence-electron chi connectivity index (χ3n) is 1.51. The van der Waals surface area contributed by atoms with Crippen LogP contribution in [0.15, 0.2) is 10.5 Å². The normalized spacial score (nSPS) is 10.6. The topological polar surface area (TPSA) is 22.1 Å². The Morgan fingerprint density at radius 3 is 2.62 bits per heavy atom. The standard InChI is InChI=1S/C8H8BrF2NO/c1-4-3-5(9)6(7(10)11)8(12-4)13-2/h3,7H,1-2H3. The fraction of sp³-hybridized carbons (Fsp3) is 0.375.